The number of benzene rings is 2. The van der Waals surface area contributed by atoms with E-state index < -0.39 is 5.91 Å². The van der Waals surface area contributed by atoms with Crippen LogP contribution in [0.1, 0.15) is 44.2 Å². The first-order valence-electron chi connectivity index (χ1n) is 9.38. The van der Waals surface area contributed by atoms with Crippen LogP contribution in [0.25, 0.3) is 6.08 Å². The van der Waals surface area contributed by atoms with Gasteiger partial charge < -0.3 is 10.2 Å². The highest BCUT2D eigenvalue weighted by atomic mass is 35.5. The summed E-state index contributed by atoms with van der Waals surface area (Å²) < 4.78 is 0. The summed E-state index contributed by atoms with van der Waals surface area (Å²) in [7, 11) is 2.10. The molecule has 1 aliphatic rings. The summed E-state index contributed by atoms with van der Waals surface area (Å²) in [6.07, 6.45) is 2.65. The Balaban J connectivity index is 1.88. The fraction of sp³-hybridized carbons (Fsp3) is 0.304. The molecule has 2 aromatic carbocycles. The Morgan fingerprint density at radius 1 is 1.24 bits per heavy atom. The first-order chi connectivity index (χ1) is 13.6. The van der Waals surface area contributed by atoms with Crippen molar-refractivity contribution in [2.75, 3.05) is 17.3 Å². The van der Waals surface area contributed by atoms with Crippen LogP contribution >= 0.6 is 23.2 Å². The first-order valence-corrected chi connectivity index (χ1v) is 10.1. The molecule has 0 saturated heterocycles. The van der Waals surface area contributed by atoms with Crippen molar-refractivity contribution in [3.63, 3.8) is 0 Å². The lowest BCUT2D eigenvalue weighted by molar-refractivity contribution is -0.112. The highest BCUT2D eigenvalue weighted by molar-refractivity contribution is 6.42. The molecular formula is C23H23Cl2N3O. The van der Waals surface area contributed by atoms with E-state index in [9.17, 15) is 10.1 Å². The Kier molecular flexibility index (Phi) is 5.93. The van der Waals surface area contributed by atoms with Gasteiger partial charge in [-0.2, -0.15) is 5.26 Å². The molecule has 0 bridgehead atoms. The monoisotopic (exact) mass is 427 g/mol. The summed E-state index contributed by atoms with van der Waals surface area (Å²) in [5.41, 5.74) is 3.82. The van der Waals surface area contributed by atoms with Gasteiger partial charge in [0.1, 0.15) is 11.6 Å². The number of nitrogens with one attached hydrogen (secondary N) is 1. The van der Waals surface area contributed by atoms with Gasteiger partial charge >= 0.3 is 0 Å². The molecule has 29 heavy (non-hydrogen) atoms. The lowest BCUT2D eigenvalue weighted by Crippen LogP contribution is -2.45. The molecule has 2 aromatic rings. The molecule has 0 fully saturated rings. The van der Waals surface area contributed by atoms with E-state index in [0.29, 0.717) is 21.7 Å². The van der Waals surface area contributed by atoms with Crippen LogP contribution in [-0.4, -0.2) is 18.5 Å². The molecular weight excluding hydrogens is 405 g/mol. The molecule has 150 valence electrons. The highest BCUT2D eigenvalue weighted by Gasteiger charge is 2.33. The molecule has 0 aliphatic carbocycles. The van der Waals surface area contributed by atoms with Crippen LogP contribution in [0.5, 0.6) is 0 Å². The summed E-state index contributed by atoms with van der Waals surface area (Å²) in [5, 5.41) is 12.9. The minimum atomic E-state index is -0.491. The number of carbonyl (C=O) groups excluding carboxylic acids is 1. The third kappa shape index (κ3) is 4.42. The molecule has 0 unspecified atom stereocenters. The minimum Gasteiger partial charge on any atom is -0.369 e. The van der Waals surface area contributed by atoms with Gasteiger partial charge in [-0.05, 0) is 73.7 Å². The van der Waals surface area contributed by atoms with Crippen LogP contribution in [0, 0.1) is 11.3 Å². The average Bonchev–Trinajstić information content (AvgIpc) is 2.67. The van der Waals surface area contributed by atoms with Crippen LogP contribution < -0.4 is 10.2 Å². The minimum absolute atomic E-state index is 0.0215. The Hall–Kier alpha value is -2.48. The molecule has 0 spiro atoms. The predicted octanol–water partition coefficient (Wildman–Crippen LogP) is 6.26. The van der Waals surface area contributed by atoms with Gasteiger partial charge in [-0.25, -0.2) is 0 Å². The lowest BCUT2D eigenvalue weighted by atomic mass is 9.80. The maximum absolute atomic E-state index is 12.5. The van der Waals surface area contributed by atoms with Gasteiger partial charge in [0.2, 0.25) is 0 Å². The summed E-state index contributed by atoms with van der Waals surface area (Å²) in [6, 6.07) is 12.8. The van der Waals surface area contributed by atoms with E-state index in [1.54, 1.807) is 24.3 Å². The summed E-state index contributed by atoms with van der Waals surface area (Å²) in [5.74, 6) is -0.102. The van der Waals surface area contributed by atoms with E-state index in [1.165, 1.54) is 11.3 Å². The van der Waals surface area contributed by atoms with Gasteiger partial charge in [-0.1, -0.05) is 36.2 Å². The van der Waals surface area contributed by atoms with Gasteiger partial charge in [0.25, 0.3) is 5.91 Å². The molecule has 6 heteroatoms. The fourth-order valence-electron chi connectivity index (χ4n) is 3.77. The largest absolute Gasteiger partial charge is 0.369 e. The fourth-order valence-corrected chi connectivity index (χ4v) is 4.07. The molecule has 1 amide bonds. The van der Waals surface area contributed by atoms with E-state index in [-0.39, 0.29) is 11.1 Å². The molecule has 3 rings (SSSR count). The topological polar surface area (TPSA) is 56.1 Å². The second-order valence-electron chi connectivity index (χ2n) is 8.05. The highest BCUT2D eigenvalue weighted by Crippen LogP contribution is 2.42. The van der Waals surface area contributed by atoms with E-state index >= 15 is 0 Å². The Morgan fingerprint density at radius 2 is 1.97 bits per heavy atom. The predicted molar refractivity (Wildman–Crippen MR) is 121 cm³/mol. The Bertz CT molecular complexity index is 1040. The third-order valence-corrected chi connectivity index (χ3v) is 6.25. The number of halogens is 2. The maximum Gasteiger partial charge on any atom is 0.266 e. The van der Waals surface area contributed by atoms with Crippen LogP contribution in [0.2, 0.25) is 10.0 Å². The van der Waals surface area contributed by atoms with Crippen molar-refractivity contribution < 1.29 is 4.79 Å². The zero-order chi connectivity index (χ0) is 21.3. The average molecular weight is 428 g/mol. The first kappa shape index (κ1) is 21.2. The number of nitrogens with zero attached hydrogens (tertiary/aromatic N) is 2. The van der Waals surface area contributed by atoms with Crippen LogP contribution in [0.15, 0.2) is 42.0 Å². The van der Waals surface area contributed by atoms with Gasteiger partial charge in [0.15, 0.2) is 0 Å². The van der Waals surface area contributed by atoms with E-state index in [4.69, 9.17) is 23.2 Å². The van der Waals surface area contributed by atoms with E-state index in [2.05, 4.69) is 50.2 Å². The van der Waals surface area contributed by atoms with Crippen molar-refractivity contribution in [1.29, 1.82) is 5.26 Å². The van der Waals surface area contributed by atoms with Crippen molar-refractivity contribution in [2.24, 2.45) is 0 Å². The van der Waals surface area contributed by atoms with Gasteiger partial charge in [-0.3, -0.25) is 4.79 Å². The Labute approximate surface area is 181 Å². The summed E-state index contributed by atoms with van der Waals surface area (Å²) >= 11 is 11.9. The maximum atomic E-state index is 12.5. The van der Waals surface area contributed by atoms with Gasteiger partial charge in [0, 0.05) is 24.0 Å². The molecule has 0 saturated carbocycles. The number of carbonyl (C=O) groups is 1. The lowest BCUT2D eigenvalue weighted by Gasteiger charge is -2.45. The standard InChI is InChI=1S/C23H23Cl2N3O/c1-14-12-23(2,3)28(4)21-8-5-15(10-18(14)21)9-16(13-26)22(29)27-17-6-7-19(24)20(25)11-17/h5-11,14H,12H2,1-4H3,(H,27,29)/b16-9-/t14-/m0/s1. The number of anilines is 2. The summed E-state index contributed by atoms with van der Waals surface area (Å²) in [6.45, 7) is 6.69. The molecule has 0 aromatic heterocycles. The smallest absolute Gasteiger partial charge is 0.266 e. The third-order valence-electron chi connectivity index (χ3n) is 5.51. The van der Waals surface area contributed by atoms with Gasteiger partial charge in [-0.15, -0.1) is 0 Å². The van der Waals surface area contributed by atoms with Crippen molar-refractivity contribution >= 4 is 46.6 Å². The van der Waals surface area contributed by atoms with E-state index in [1.807, 2.05) is 12.1 Å². The normalized spacial score (nSPS) is 18.0. The van der Waals surface area contributed by atoms with Crippen molar-refractivity contribution in [3.05, 3.63) is 63.1 Å². The number of amides is 1. The molecule has 1 aliphatic heterocycles. The van der Waals surface area contributed by atoms with Gasteiger partial charge in [0.05, 0.1) is 10.0 Å². The molecule has 1 heterocycles. The van der Waals surface area contributed by atoms with Crippen LogP contribution in [0.3, 0.4) is 0 Å². The van der Waals surface area contributed by atoms with Crippen molar-refractivity contribution in [1.82, 2.24) is 0 Å². The number of hydrogen-bond donors (Lipinski definition) is 1. The van der Waals surface area contributed by atoms with Crippen molar-refractivity contribution in [3.8, 4) is 6.07 Å². The Morgan fingerprint density at radius 3 is 2.62 bits per heavy atom. The molecule has 0 radical (unpaired) electrons. The zero-order valence-electron chi connectivity index (χ0n) is 16.9. The summed E-state index contributed by atoms with van der Waals surface area (Å²) in [4.78, 5) is 14.8. The second-order valence-corrected chi connectivity index (χ2v) is 8.86. The number of fused-ring (bicyclic) bond motifs is 1. The number of hydrogen-bond acceptors (Lipinski definition) is 3. The second kappa shape index (κ2) is 8.10. The molecule has 1 atom stereocenters. The SMILES string of the molecule is C[C@H]1CC(C)(C)N(C)c2ccc(/C=C(/C#N)C(=O)Nc3ccc(Cl)c(Cl)c3)cc21. The quantitative estimate of drug-likeness (QED) is 0.464. The van der Waals surface area contributed by atoms with E-state index in [0.717, 1.165) is 12.0 Å². The van der Waals surface area contributed by atoms with Crippen molar-refractivity contribution in [2.45, 2.75) is 38.6 Å². The molecule has 4 nitrogen and oxygen atoms in total. The van der Waals surface area contributed by atoms with Crippen LogP contribution in [0.4, 0.5) is 11.4 Å². The molecule has 1 N–H and O–H groups in total. The number of rotatable bonds is 3. The number of nitriles is 1. The van der Waals surface area contributed by atoms with Crippen LogP contribution in [-0.2, 0) is 4.79 Å². The zero-order valence-corrected chi connectivity index (χ0v) is 18.4.